The molecule has 0 aliphatic rings. The van der Waals surface area contributed by atoms with Crippen LogP contribution < -0.4 is 11.5 Å². The van der Waals surface area contributed by atoms with Crippen LogP contribution in [0.15, 0.2) is 12.1 Å². The number of unbranched alkanes of at least 4 members (excludes halogenated alkanes) is 9. The van der Waals surface area contributed by atoms with Crippen LogP contribution in [0.5, 0.6) is 0 Å². The van der Waals surface area contributed by atoms with Gasteiger partial charge in [-0.2, -0.15) is 0 Å². The van der Waals surface area contributed by atoms with Crippen molar-refractivity contribution in [2.75, 3.05) is 18.1 Å². The predicted octanol–water partition coefficient (Wildman–Crippen LogP) is 5.77. The smallest absolute Gasteiger partial charge is 0.193 e. The first-order valence-electron chi connectivity index (χ1n) is 9.39. The van der Waals surface area contributed by atoms with Crippen molar-refractivity contribution < 1.29 is 4.74 Å². The van der Waals surface area contributed by atoms with E-state index in [1.807, 2.05) is 19.1 Å². The van der Waals surface area contributed by atoms with E-state index in [4.69, 9.17) is 28.4 Å². The van der Waals surface area contributed by atoms with E-state index >= 15 is 0 Å². The number of hydrogen-bond donors (Lipinski definition) is 2. The standard InChI is InChI=1S/C20H34N2OS/c1-3-4-5-6-7-8-9-10-11-12-15-23-20(24)17-13-14-18(21)16(2)19(17)22/h13-14H,3-12,15,21-22H2,1-2H3. The molecule has 0 unspecified atom stereocenters. The van der Waals surface area contributed by atoms with Gasteiger partial charge in [0, 0.05) is 11.4 Å². The summed E-state index contributed by atoms with van der Waals surface area (Å²) in [5.41, 5.74) is 14.9. The molecule has 0 bridgehead atoms. The van der Waals surface area contributed by atoms with E-state index in [-0.39, 0.29) is 0 Å². The Bertz CT molecular complexity index is 503. The van der Waals surface area contributed by atoms with Crippen molar-refractivity contribution in [2.24, 2.45) is 0 Å². The van der Waals surface area contributed by atoms with Crippen molar-refractivity contribution >= 4 is 28.6 Å². The van der Waals surface area contributed by atoms with Crippen LogP contribution in [0.1, 0.15) is 82.3 Å². The van der Waals surface area contributed by atoms with Crippen LogP contribution in [-0.2, 0) is 4.74 Å². The quantitative estimate of drug-likeness (QED) is 0.285. The van der Waals surface area contributed by atoms with E-state index in [1.54, 1.807) is 0 Å². The van der Waals surface area contributed by atoms with Gasteiger partial charge in [-0.1, -0.05) is 64.7 Å². The van der Waals surface area contributed by atoms with E-state index in [9.17, 15) is 0 Å². The fourth-order valence-corrected chi connectivity index (χ4v) is 3.02. The maximum absolute atomic E-state index is 6.07. The zero-order valence-electron chi connectivity index (χ0n) is 15.4. The molecule has 24 heavy (non-hydrogen) atoms. The van der Waals surface area contributed by atoms with Gasteiger partial charge in [-0.25, -0.2) is 0 Å². The molecule has 1 rings (SSSR count). The third-order valence-electron chi connectivity index (χ3n) is 4.51. The highest BCUT2D eigenvalue weighted by Gasteiger charge is 2.10. The summed E-state index contributed by atoms with van der Waals surface area (Å²) >= 11 is 5.34. The van der Waals surface area contributed by atoms with Gasteiger partial charge in [0.1, 0.15) is 0 Å². The van der Waals surface area contributed by atoms with Crippen LogP contribution >= 0.6 is 12.2 Å². The molecule has 1 aromatic carbocycles. The van der Waals surface area contributed by atoms with Gasteiger partial charge in [-0.3, -0.25) is 0 Å². The number of rotatable bonds is 12. The molecule has 0 saturated carbocycles. The largest absolute Gasteiger partial charge is 0.483 e. The number of anilines is 2. The Kier molecular flexibility index (Phi) is 10.5. The summed E-state index contributed by atoms with van der Waals surface area (Å²) in [6, 6.07) is 3.68. The van der Waals surface area contributed by atoms with Crippen LogP contribution in [0.4, 0.5) is 11.4 Å². The Hall–Kier alpha value is -1.29. The van der Waals surface area contributed by atoms with Gasteiger partial charge in [0.15, 0.2) is 5.05 Å². The molecule has 136 valence electrons. The van der Waals surface area contributed by atoms with Crippen LogP contribution in [0, 0.1) is 6.92 Å². The van der Waals surface area contributed by atoms with Crippen LogP contribution in [0.25, 0.3) is 0 Å². The molecule has 0 aliphatic carbocycles. The van der Waals surface area contributed by atoms with Crippen molar-refractivity contribution in [2.45, 2.75) is 78.1 Å². The molecular formula is C20H34N2OS. The fourth-order valence-electron chi connectivity index (χ4n) is 2.76. The molecule has 0 spiro atoms. The highest BCUT2D eigenvalue weighted by atomic mass is 32.1. The van der Waals surface area contributed by atoms with Gasteiger partial charge in [0.05, 0.1) is 12.2 Å². The molecule has 3 nitrogen and oxygen atoms in total. The Morgan fingerprint density at radius 1 is 0.917 bits per heavy atom. The molecule has 0 radical (unpaired) electrons. The first kappa shape index (κ1) is 20.8. The van der Waals surface area contributed by atoms with Gasteiger partial charge in [0.25, 0.3) is 0 Å². The Morgan fingerprint density at radius 2 is 1.46 bits per heavy atom. The zero-order valence-corrected chi connectivity index (χ0v) is 16.2. The summed E-state index contributed by atoms with van der Waals surface area (Å²) in [6.07, 6.45) is 13.1. The lowest BCUT2D eigenvalue weighted by Crippen LogP contribution is -2.10. The van der Waals surface area contributed by atoms with Crippen molar-refractivity contribution in [1.29, 1.82) is 0 Å². The Balaban J connectivity index is 2.09. The molecule has 0 atom stereocenters. The minimum atomic E-state index is 0.478. The molecule has 0 amide bonds. The average Bonchev–Trinajstić information content (AvgIpc) is 2.57. The summed E-state index contributed by atoms with van der Waals surface area (Å²) < 4.78 is 5.69. The monoisotopic (exact) mass is 350 g/mol. The third kappa shape index (κ3) is 7.52. The maximum Gasteiger partial charge on any atom is 0.193 e. The van der Waals surface area contributed by atoms with Crippen LogP contribution in [-0.4, -0.2) is 11.7 Å². The molecule has 0 saturated heterocycles. The minimum Gasteiger partial charge on any atom is -0.483 e. The number of thiocarbonyl (C=S) groups is 1. The van der Waals surface area contributed by atoms with E-state index < -0.39 is 0 Å². The molecule has 4 heteroatoms. The van der Waals surface area contributed by atoms with Gasteiger partial charge in [0.2, 0.25) is 0 Å². The Labute approximate surface area is 153 Å². The van der Waals surface area contributed by atoms with Crippen molar-refractivity contribution in [1.82, 2.24) is 0 Å². The normalized spacial score (nSPS) is 10.8. The second-order valence-electron chi connectivity index (χ2n) is 6.56. The van der Waals surface area contributed by atoms with Gasteiger partial charge in [-0.05, 0) is 43.3 Å². The van der Waals surface area contributed by atoms with Gasteiger partial charge in [-0.15, -0.1) is 0 Å². The molecule has 4 N–H and O–H groups in total. The molecule has 0 heterocycles. The summed E-state index contributed by atoms with van der Waals surface area (Å²) in [5, 5.41) is 0.478. The highest BCUT2D eigenvalue weighted by molar-refractivity contribution is 7.80. The average molecular weight is 351 g/mol. The maximum atomic E-state index is 6.07. The molecule has 0 aromatic heterocycles. The van der Waals surface area contributed by atoms with Crippen molar-refractivity contribution in [3.8, 4) is 0 Å². The minimum absolute atomic E-state index is 0.478. The van der Waals surface area contributed by atoms with Gasteiger partial charge < -0.3 is 16.2 Å². The molecule has 0 aliphatic heterocycles. The summed E-state index contributed by atoms with van der Waals surface area (Å²) in [5.74, 6) is 0. The molecule has 0 fully saturated rings. The Morgan fingerprint density at radius 3 is 2.04 bits per heavy atom. The van der Waals surface area contributed by atoms with Crippen LogP contribution in [0.2, 0.25) is 0 Å². The second kappa shape index (κ2) is 12.1. The van der Waals surface area contributed by atoms with E-state index in [2.05, 4.69) is 6.92 Å². The lowest BCUT2D eigenvalue weighted by molar-refractivity contribution is 0.300. The van der Waals surface area contributed by atoms with E-state index in [1.165, 1.54) is 57.8 Å². The number of hydrogen-bond acceptors (Lipinski definition) is 4. The van der Waals surface area contributed by atoms with Crippen molar-refractivity contribution in [3.63, 3.8) is 0 Å². The fraction of sp³-hybridized carbons (Fsp3) is 0.650. The first-order valence-corrected chi connectivity index (χ1v) is 9.80. The lowest BCUT2D eigenvalue weighted by Gasteiger charge is -2.12. The zero-order chi connectivity index (χ0) is 17.8. The van der Waals surface area contributed by atoms with Crippen molar-refractivity contribution in [3.05, 3.63) is 23.3 Å². The summed E-state index contributed by atoms with van der Waals surface area (Å²) in [6.45, 7) is 4.83. The SMILES string of the molecule is CCCCCCCCCCCCOC(=S)c1ccc(N)c(C)c1N. The number of ether oxygens (including phenoxy) is 1. The van der Waals surface area contributed by atoms with Gasteiger partial charge >= 0.3 is 0 Å². The topological polar surface area (TPSA) is 61.3 Å². The number of nitrogen functional groups attached to an aromatic ring is 2. The summed E-state index contributed by atoms with van der Waals surface area (Å²) in [7, 11) is 0. The first-order chi connectivity index (χ1) is 11.6. The third-order valence-corrected chi connectivity index (χ3v) is 4.85. The highest BCUT2D eigenvalue weighted by Crippen LogP contribution is 2.23. The number of nitrogens with two attached hydrogens (primary N) is 2. The van der Waals surface area contributed by atoms with Crippen LogP contribution in [0.3, 0.4) is 0 Å². The molecule has 1 aromatic rings. The summed E-state index contributed by atoms with van der Waals surface area (Å²) in [4.78, 5) is 0. The van der Waals surface area contributed by atoms with E-state index in [0.29, 0.717) is 23.0 Å². The second-order valence-corrected chi connectivity index (χ2v) is 6.93. The predicted molar refractivity (Wildman–Crippen MR) is 109 cm³/mol. The van der Waals surface area contributed by atoms with E-state index in [0.717, 1.165) is 17.5 Å². The lowest BCUT2D eigenvalue weighted by atomic mass is 10.1. The molecular weight excluding hydrogens is 316 g/mol. The number of benzene rings is 1.